The van der Waals surface area contributed by atoms with Crippen LogP contribution in [0.3, 0.4) is 0 Å². The van der Waals surface area contributed by atoms with Crippen molar-refractivity contribution in [2.24, 2.45) is 0 Å². The van der Waals surface area contributed by atoms with E-state index in [2.05, 4.69) is 30.2 Å². The van der Waals surface area contributed by atoms with Crippen molar-refractivity contribution in [2.75, 3.05) is 30.9 Å². The number of anilines is 3. The summed E-state index contributed by atoms with van der Waals surface area (Å²) in [6.45, 7) is 3.70. The normalized spacial score (nSPS) is 16.4. The maximum atomic E-state index is 8.94. The molecule has 32 heavy (non-hydrogen) atoms. The molecule has 4 rings (SSSR count). The van der Waals surface area contributed by atoms with E-state index in [1.54, 1.807) is 12.3 Å². The first kappa shape index (κ1) is 21.6. The Balaban J connectivity index is 1.54. The van der Waals surface area contributed by atoms with Crippen molar-refractivity contribution >= 4 is 17.5 Å². The van der Waals surface area contributed by atoms with E-state index in [1.807, 2.05) is 56.5 Å². The molecule has 0 aliphatic carbocycles. The van der Waals surface area contributed by atoms with Crippen molar-refractivity contribution < 1.29 is 0 Å². The highest BCUT2D eigenvalue weighted by molar-refractivity contribution is 5.55. The Bertz CT molecular complexity index is 1090. The van der Waals surface area contributed by atoms with Crippen LogP contribution >= 0.6 is 0 Å². The molecule has 1 N–H and O–H groups in total. The molecule has 1 aliphatic heterocycles. The maximum absolute atomic E-state index is 8.94. The molecule has 1 fully saturated rings. The fraction of sp³-hybridized carbons (Fsp3) is 0.391. The van der Waals surface area contributed by atoms with Gasteiger partial charge in [0.05, 0.1) is 23.6 Å². The van der Waals surface area contributed by atoms with Crippen LogP contribution < -0.4 is 10.2 Å². The third-order valence-electron chi connectivity index (χ3n) is 5.44. The van der Waals surface area contributed by atoms with Gasteiger partial charge in [-0.15, -0.1) is 0 Å². The van der Waals surface area contributed by atoms with Gasteiger partial charge in [-0.1, -0.05) is 6.42 Å². The average Bonchev–Trinajstić information content (AvgIpc) is 2.80. The number of nitriles is 1. The molecular formula is C23H27N9. The smallest absolute Gasteiger partial charge is 0.224 e. The van der Waals surface area contributed by atoms with Gasteiger partial charge in [0, 0.05) is 44.7 Å². The Labute approximate surface area is 188 Å². The fourth-order valence-corrected chi connectivity index (χ4v) is 3.92. The van der Waals surface area contributed by atoms with E-state index in [1.165, 1.54) is 12.8 Å². The van der Waals surface area contributed by atoms with E-state index >= 15 is 0 Å². The van der Waals surface area contributed by atoms with Gasteiger partial charge in [-0.2, -0.15) is 5.26 Å². The lowest BCUT2D eigenvalue weighted by Gasteiger charge is -2.35. The van der Waals surface area contributed by atoms with Gasteiger partial charge in [-0.05, 0) is 38.4 Å². The zero-order valence-electron chi connectivity index (χ0n) is 18.7. The van der Waals surface area contributed by atoms with Crippen molar-refractivity contribution in [3.8, 4) is 6.07 Å². The van der Waals surface area contributed by atoms with Gasteiger partial charge >= 0.3 is 0 Å². The standard InChI is InChI=1S/C23H27N9/c1-16-28-20(10-22(29-16)30-19-8-7-18(11-24)25-14-19)21-6-4-5-9-32(21)15-17-12-26-23(27-13-17)31(2)3/h7-8,10,12-14,21H,4-6,9,15H2,1-3H3,(H,28,29,30). The van der Waals surface area contributed by atoms with E-state index in [0.29, 0.717) is 11.6 Å². The SMILES string of the molecule is Cc1nc(Nc2ccc(C#N)nc2)cc(C2CCCCN2Cc2cnc(N(C)C)nc2)n1. The molecular weight excluding hydrogens is 402 g/mol. The average molecular weight is 430 g/mol. The summed E-state index contributed by atoms with van der Waals surface area (Å²) in [5, 5.41) is 12.2. The van der Waals surface area contributed by atoms with Gasteiger partial charge in [-0.25, -0.2) is 24.9 Å². The molecule has 3 aromatic heterocycles. The van der Waals surface area contributed by atoms with E-state index in [-0.39, 0.29) is 6.04 Å². The van der Waals surface area contributed by atoms with Crippen LogP contribution in [0.2, 0.25) is 0 Å². The number of aryl methyl sites for hydroxylation is 1. The van der Waals surface area contributed by atoms with Gasteiger partial charge in [0.1, 0.15) is 23.4 Å². The molecule has 1 atom stereocenters. The zero-order valence-corrected chi connectivity index (χ0v) is 18.7. The van der Waals surface area contributed by atoms with Crippen LogP contribution in [0.4, 0.5) is 17.5 Å². The highest BCUT2D eigenvalue weighted by atomic mass is 15.2. The number of pyridine rings is 1. The first-order valence-electron chi connectivity index (χ1n) is 10.7. The van der Waals surface area contributed by atoms with Crippen molar-refractivity contribution in [3.63, 3.8) is 0 Å². The minimum Gasteiger partial charge on any atom is -0.347 e. The Morgan fingerprint density at radius 2 is 1.94 bits per heavy atom. The number of likely N-dealkylation sites (tertiary alicyclic amines) is 1. The Morgan fingerprint density at radius 3 is 2.62 bits per heavy atom. The lowest BCUT2D eigenvalue weighted by molar-refractivity contribution is 0.137. The van der Waals surface area contributed by atoms with Crippen molar-refractivity contribution in [3.05, 3.63) is 59.6 Å². The molecule has 1 aliphatic rings. The van der Waals surface area contributed by atoms with Crippen LogP contribution in [0.1, 0.15) is 48.1 Å². The quantitative estimate of drug-likeness (QED) is 0.631. The summed E-state index contributed by atoms with van der Waals surface area (Å²) in [5.74, 6) is 2.15. The van der Waals surface area contributed by atoms with Crippen LogP contribution in [0.25, 0.3) is 0 Å². The summed E-state index contributed by atoms with van der Waals surface area (Å²) in [6, 6.07) is 7.76. The molecule has 3 aromatic rings. The summed E-state index contributed by atoms with van der Waals surface area (Å²) in [4.78, 5) is 26.7. The first-order chi connectivity index (χ1) is 15.5. The summed E-state index contributed by atoms with van der Waals surface area (Å²) >= 11 is 0. The molecule has 0 spiro atoms. The summed E-state index contributed by atoms with van der Waals surface area (Å²) in [7, 11) is 3.87. The van der Waals surface area contributed by atoms with Crippen LogP contribution in [0, 0.1) is 18.3 Å². The number of piperidine rings is 1. The molecule has 0 bridgehead atoms. The zero-order chi connectivity index (χ0) is 22.5. The second kappa shape index (κ2) is 9.66. The molecule has 0 amide bonds. The lowest BCUT2D eigenvalue weighted by atomic mass is 9.98. The predicted molar refractivity (Wildman–Crippen MR) is 122 cm³/mol. The summed E-state index contributed by atoms with van der Waals surface area (Å²) in [6.07, 6.45) is 8.83. The van der Waals surface area contributed by atoms with Gasteiger partial charge in [-0.3, -0.25) is 4.90 Å². The second-order valence-corrected chi connectivity index (χ2v) is 8.16. The van der Waals surface area contributed by atoms with Gasteiger partial charge < -0.3 is 10.2 Å². The minimum absolute atomic E-state index is 0.207. The number of aromatic nitrogens is 5. The lowest BCUT2D eigenvalue weighted by Crippen LogP contribution is -2.33. The van der Waals surface area contributed by atoms with Crippen LogP contribution in [0.15, 0.2) is 36.8 Å². The van der Waals surface area contributed by atoms with Gasteiger partial charge in [0.15, 0.2) is 0 Å². The number of rotatable bonds is 6. The molecule has 0 radical (unpaired) electrons. The highest BCUT2D eigenvalue weighted by Gasteiger charge is 2.26. The van der Waals surface area contributed by atoms with Crippen molar-refractivity contribution in [1.82, 2.24) is 29.8 Å². The maximum Gasteiger partial charge on any atom is 0.224 e. The molecule has 9 heteroatoms. The van der Waals surface area contributed by atoms with Gasteiger partial charge in [0.2, 0.25) is 5.95 Å². The van der Waals surface area contributed by atoms with E-state index in [4.69, 9.17) is 10.2 Å². The second-order valence-electron chi connectivity index (χ2n) is 8.16. The highest BCUT2D eigenvalue weighted by Crippen LogP contribution is 2.32. The van der Waals surface area contributed by atoms with E-state index < -0.39 is 0 Å². The Morgan fingerprint density at radius 1 is 1.12 bits per heavy atom. The topological polar surface area (TPSA) is 107 Å². The molecule has 9 nitrogen and oxygen atoms in total. The number of hydrogen-bond acceptors (Lipinski definition) is 9. The van der Waals surface area contributed by atoms with Crippen LogP contribution in [-0.2, 0) is 6.54 Å². The summed E-state index contributed by atoms with van der Waals surface area (Å²) in [5.41, 5.74) is 3.27. The van der Waals surface area contributed by atoms with E-state index in [0.717, 1.165) is 48.1 Å². The van der Waals surface area contributed by atoms with Crippen molar-refractivity contribution in [1.29, 1.82) is 5.26 Å². The largest absolute Gasteiger partial charge is 0.347 e. The molecule has 0 aromatic carbocycles. The summed E-state index contributed by atoms with van der Waals surface area (Å²) < 4.78 is 0. The van der Waals surface area contributed by atoms with E-state index in [9.17, 15) is 0 Å². The predicted octanol–water partition coefficient (Wildman–Crippen LogP) is 3.38. The number of nitrogens with one attached hydrogen (secondary N) is 1. The molecule has 4 heterocycles. The monoisotopic (exact) mass is 429 g/mol. The molecule has 0 saturated carbocycles. The Kier molecular flexibility index (Phi) is 6.52. The van der Waals surface area contributed by atoms with Gasteiger partial charge in [0.25, 0.3) is 0 Å². The molecule has 164 valence electrons. The number of hydrogen-bond donors (Lipinski definition) is 1. The number of nitrogens with zero attached hydrogens (tertiary/aromatic N) is 8. The Hall–Kier alpha value is -3.64. The minimum atomic E-state index is 0.207. The van der Waals surface area contributed by atoms with Crippen LogP contribution in [-0.4, -0.2) is 50.5 Å². The third kappa shape index (κ3) is 5.15. The molecule has 1 saturated heterocycles. The fourth-order valence-electron chi connectivity index (χ4n) is 3.92. The third-order valence-corrected chi connectivity index (χ3v) is 5.44. The van der Waals surface area contributed by atoms with Crippen LogP contribution in [0.5, 0.6) is 0 Å². The first-order valence-corrected chi connectivity index (χ1v) is 10.7. The molecule has 1 unspecified atom stereocenters. The van der Waals surface area contributed by atoms with Crippen molar-refractivity contribution in [2.45, 2.75) is 38.8 Å².